The van der Waals surface area contributed by atoms with E-state index in [1.165, 1.54) is 16.7 Å². The van der Waals surface area contributed by atoms with E-state index in [0.29, 0.717) is 11.6 Å². The van der Waals surface area contributed by atoms with Crippen LogP contribution < -0.4 is 10.6 Å². The van der Waals surface area contributed by atoms with Crippen LogP contribution in [0.3, 0.4) is 0 Å². The van der Waals surface area contributed by atoms with Crippen molar-refractivity contribution in [2.45, 2.75) is 24.9 Å². The second kappa shape index (κ2) is 5.59. The number of nitrogens with zero attached hydrogens (tertiary/aromatic N) is 1. The molecule has 2 rings (SSSR count). The summed E-state index contributed by atoms with van der Waals surface area (Å²) in [7, 11) is 0. The molecule has 0 aliphatic carbocycles. The fraction of sp³-hybridized carbons (Fsp3) is 0.800. The van der Waals surface area contributed by atoms with Crippen molar-refractivity contribution in [2.75, 3.05) is 24.7 Å². The molecule has 2 heterocycles. The van der Waals surface area contributed by atoms with Crippen LogP contribution in [0.5, 0.6) is 0 Å². The van der Waals surface area contributed by atoms with Crippen molar-refractivity contribution >= 4 is 23.8 Å². The number of aliphatic carboxylic acids is 1. The van der Waals surface area contributed by atoms with Crippen LogP contribution in [0.2, 0.25) is 0 Å². The van der Waals surface area contributed by atoms with Gasteiger partial charge in [0.1, 0.15) is 6.04 Å². The number of piperidine rings is 1. The number of carbonyl (C=O) groups excluding carboxylic acids is 1. The summed E-state index contributed by atoms with van der Waals surface area (Å²) in [5.41, 5.74) is 0. The van der Waals surface area contributed by atoms with Gasteiger partial charge in [-0.05, 0) is 25.9 Å². The number of nitrogens with one attached hydrogen (secondary N) is 2. The van der Waals surface area contributed by atoms with Crippen LogP contribution in [-0.2, 0) is 4.79 Å². The lowest BCUT2D eigenvalue weighted by Gasteiger charge is -2.27. The van der Waals surface area contributed by atoms with E-state index in [9.17, 15) is 9.59 Å². The molecule has 3 N–H and O–H groups in total. The summed E-state index contributed by atoms with van der Waals surface area (Å²) < 4.78 is 0. The Hall–Kier alpha value is -0.950. The fourth-order valence-corrected chi connectivity index (χ4v) is 3.22. The largest absolute Gasteiger partial charge is 0.480 e. The number of hydrogen-bond acceptors (Lipinski definition) is 4. The predicted molar refractivity (Wildman–Crippen MR) is 65.0 cm³/mol. The van der Waals surface area contributed by atoms with Crippen molar-refractivity contribution in [3.05, 3.63) is 0 Å². The van der Waals surface area contributed by atoms with Gasteiger partial charge in [0.05, 0.1) is 5.88 Å². The minimum absolute atomic E-state index is 0.170. The molecule has 2 saturated heterocycles. The molecule has 0 spiro atoms. The Kier molecular flexibility index (Phi) is 4.11. The molecule has 0 aromatic rings. The highest BCUT2D eigenvalue weighted by molar-refractivity contribution is 7.99. The average molecular weight is 259 g/mol. The highest BCUT2D eigenvalue weighted by Crippen LogP contribution is 2.21. The number of hydrogen-bond donors (Lipinski definition) is 3. The van der Waals surface area contributed by atoms with E-state index in [2.05, 4.69) is 10.6 Å². The zero-order valence-electron chi connectivity index (χ0n) is 9.52. The maximum Gasteiger partial charge on any atom is 0.327 e. The smallest absolute Gasteiger partial charge is 0.327 e. The first-order valence-electron chi connectivity index (χ1n) is 5.77. The lowest BCUT2D eigenvalue weighted by Crippen LogP contribution is -2.51. The SMILES string of the molecule is O=C(O)C1CSCN1C(=O)NC1CCNCC1. The van der Waals surface area contributed by atoms with Crippen molar-refractivity contribution in [1.82, 2.24) is 15.5 Å². The molecule has 0 aromatic heterocycles. The van der Waals surface area contributed by atoms with Gasteiger partial charge in [-0.25, -0.2) is 9.59 Å². The monoisotopic (exact) mass is 259 g/mol. The molecular formula is C10H17N3O3S. The second-order valence-corrected chi connectivity index (χ2v) is 5.30. The first-order valence-corrected chi connectivity index (χ1v) is 6.92. The molecule has 0 radical (unpaired) electrons. The molecule has 1 unspecified atom stereocenters. The Morgan fingerprint density at radius 2 is 2.06 bits per heavy atom. The van der Waals surface area contributed by atoms with Crippen LogP contribution in [0.15, 0.2) is 0 Å². The Bertz CT molecular complexity index is 307. The number of amides is 2. The van der Waals surface area contributed by atoms with E-state index in [0.717, 1.165) is 25.9 Å². The van der Waals surface area contributed by atoms with E-state index >= 15 is 0 Å². The molecule has 96 valence electrons. The van der Waals surface area contributed by atoms with Gasteiger partial charge in [0, 0.05) is 11.8 Å². The van der Waals surface area contributed by atoms with Gasteiger partial charge in [0.2, 0.25) is 0 Å². The molecule has 2 aliphatic heterocycles. The standard InChI is InChI=1S/C10H17N3O3S/c14-9(15)8-5-17-6-13(8)10(16)12-7-1-3-11-4-2-7/h7-8,11H,1-6H2,(H,12,16)(H,14,15). The van der Waals surface area contributed by atoms with Crippen LogP contribution in [0.25, 0.3) is 0 Å². The molecule has 2 aliphatic rings. The Labute approximate surface area is 104 Å². The summed E-state index contributed by atoms with van der Waals surface area (Å²) in [6.45, 7) is 1.81. The molecule has 17 heavy (non-hydrogen) atoms. The Morgan fingerprint density at radius 1 is 1.35 bits per heavy atom. The van der Waals surface area contributed by atoms with Gasteiger partial charge in [-0.2, -0.15) is 0 Å². The van der Waals surface area contributed by atoms with E-state index in [4.69, 9.17) is 5.11 Å². The van der Waals surface area contributed by atoms with Crippen LogP contribution in [-0.4, -0.2) is 58.8 Å². The Balaban J connectivity index is 1.88. The zero-order chi connectivity index (χ0) is 12.3. The topological polar surface area (TPSA) is 81.7 Å². The van der Waals surface area contributed by atoms with Crippen LogP contribution in [0.1, 0.15) is 12.8 Å². The molecule has 0 saturated carbocycles. The van der Waals surface area contributed by atoms with E-state index in [-0.39, 0.29) is 12.1 Å². The number of urea groups is 1. The highest BCUT2D eigenvalue weighted by Gasteiger charge is 2.35. The van der Waals surface area contributed by atoms with Gasteiger partial charge < -0.3 is 20.6 Å². The molecule has 2 fully saturated rings. The molecular weight excluding hydrogens is 242 g/mol. The van der Waals surface area contributed by atoms with Crippen molar-refractivity contribution in [3.63, 3.8) is 0 Å². The van der Waals surface area contributed by atoms with E-state index < -0.39 is 12.0 Å². The Morgan fingerprint density at radius 3 is 2.71 bits per heavy atom. The molecule has 1 atom stereocenters. The third kappa shape index (κ3) is 3.04. The van der Waals surface area contributed by atoms with Gasteiger partial charge in [-0.1, -0.05) is 0 Å². The van der Waals surface area contributed by atoms with Crippen molar-refractivity contribution in [2.24, 2.45) is 0 Å². The number of carboxylic acids is 1. The summed E-state index contributed by atoms with van der Waals surface area (Å²) in [5, 5.41) is 15.1. The number of carbonyl (C=O) groups is 2. The van der Waals surface area contributed by atoms with Gasteiger partial charge in [0.15, 0.2) is 0 Å². The summed E-state index contributed by atoms with van der Waals surface area (Å²) in [6.07, 6.45) is 1.81. The summed E-state index contributed by atoms with van der Waals surface area (Å²) in [6, 6.07) is -0.750. The molecule has 7 heteroatoms. The number of thioether (sulfide) groups is 1. The maximum atomic E-state index is 11.9. The third-order valence-corrected chi connectivity index (χ3v) is 4.11. The van der Waals surface area contributed by atoms with Gasteiger partial charge in [-0.3, -0.25) is 0 Å². The van der Waals surface area contributed by atoms with Crippen LogP contribution in [0.4, 0.5) is 4.79 Å². The van der Waals surface area contributed by atoms with E-state index in [1.807, 2.05) is 0 Å². The normalized spacial score (nSPS) is 25.9. The van der Waals surface area contributed by atoms with Crippen molar-refractivity contribution < 1.29 is 14.7 Å². The van der Waals surface area contributed by atoms with Gasteiger partial charge >= 0.3 is 12.0 Å². The third-order valence-electron chi connectivity index (χ3n) is 3.09. The minimum atomic E-state index is -0.921. The molecule has 0 aromatic carbocycles. The number of rotatable bonds is 2. The summed E-state index contributed by atoms with van der Waals surface area (Å²) in [4.78, 5) is 24.3. The van der Waals surface area contributed by atoms with Gasteiger partial charge in [-0.15, -0.1) is 11.8 Å². The zero-order valence-corrected chi connectivity index (χ0v) is 10.3. The first-order chi connectivity index (χ1) is 8.18. The highest BCUT2D eigenvalue weighted by atomic mass is 32.2. The number of carboxylic acid groups (broad SMARTS) is 1. The molecule has 2 amide bonds. The fourth-order valence-electron chi connectivity index (χ4n) is 2.07. The molecule has 6 nitrogen and oxygen atoms in total. The lowest BCUT2D eigenvalue weighted by molar-refractivity contribution is -0.140. The van der Waals surface area contributed by atoms with Crippen LogP contribution >= 0.6 is 11.8 Å². The average Bonchev–Trinajstić information content (AvgIpc) is 2.79. The maximum absolute atomic E-state index is 11.9. The first kappa shape index (κ1) is 12.5. The van der Waals surface area contributed by atoms with Gasteiger partial charge in [0.25, 0.3) is 0 Å². The minimum Gasteiger partial charge on any atom is -0.480 e. The summed E-state index contributed by atoms with van der Waals surface area (Å²) >= 11 is 1.48. The lowest BCUT2D eigenvalue weighted by atomic mass is 10.1. The predicted octanol–water partition coefficient (Wildman–Crippen LogP) is -0.0925. The van der Waals surface area contributed by atoms with Crippen molar-refractivity contribution in [3.8, 4) is 0 Å². The van der Waals surface area contributed by atoms with E-state index in [1.54, 1.807) is 0 Å². The van der Waals surface area contributed by atoms with Crippen molar-refractivity contribution in [1.29, 1.82) is 0 Å². The quantitative estimate of drug-likeness (QED) is 0.645. The molecule has 0 bridgehead atoms. The second-order valence-electron chi connectivity index (χ2n) is 4.30. The van der Waals surface area contributed by atoms with Crippen LogP contribution in [0, 0.1) is 0 Å². The summed E-state index contributed by atoms with van der Waals surface area (Å²) in [5.74, 6) is 0.0263.